The number of imidazole rings is 1. The Morgan fingerprint density at radius 3 is 2.62 bits per heavy atom. The molecule has 5 aromatic rings. The fourth-order valence-electron chi connectivity index (χ4n) is 4.63. The summed E-state index contributed by atoms with van der Waals surface area (Å²) in [6, 6.07) is 14.9. The van der Waals surface area contributed by atoms with E-state index in [0.29, 0.717) is 16.6 Å². The molecule has 0 radical (unpaired) electrons. The number of aryl methyl sites for hydroxylation is 1. The Hall–Kier alpha value is -4.48. The molecule has 0 aliphatic carbocycles. The van der Waals surface area contributed by atoms with Crippen molar-refractivity contribution < 1.29 is 18.8 Å². The molecule has 5 rings (SSSR count). The minimum Gasteiger partial charge on any atom is -0.345 e. The second kappa shape index (κ2) is 12.2. The summed E-state index contributed by atoms with van der Waals surface area (Å²) in [5, 5.41) is 6.54. The number of anilines is 1. The first-order valence-corrected chi connectivity index (χ1v) is 14.2. The number of benzene rings is 2. The fraction of sp³-hybridized carbons (Fsp3) is 0.200. The van der Waals surface area contributed by atoms with E-state index < -0.39 is 23.5 Å². The van der Waals surface area contributed by atoms with Gasteiger partial charge in [0.2, 0.25) is 5.82 Å². The highest BCUT2D eigenvalue weighted by Gasteiger charge is 2.30. The summed E-state index contributed by atoms with van der Waals surface area (Å²) in [4.78, 5) is 48.2. The van der Waals surface area contributed by atoms with E-state index in [-0.39, 0.29) is 41.2 Å². The van der Waals surface area contributed by atoms with Gasteiger partial charge in [0.25, 0.3) is 11.8 Å². The van der Waals surface area contributed by atoms with Crippen molar-refractivity contribution in [2.45, 2.75) is 39.8 Å². The predicted molar refractivity (Wildman–Crippen MR) is 160 cm³/mol. The number of pyridine rings is 1. The van der Waals surface area contributed by atoms with Crippen LogP contribution < -0.4 is 10.6 Å². The van der Waals surface area contributed by atoms with Gasteiger partial charge in [-0.15, -0.1) is 0 Å². The van der Waals surface area contributed by atoms with E-state index in [4.69, 9.17) is 11.6 Å². The lowest BCUT2D eigenvalue weighted by Crippen LogP contribution is -2.28. The van der Waals surface area contributed by atoms with Crippen molar-refractivity contribution >= 4 is 56.6 Å². The van der Waals surface area contributed by atoms with Crippen molar-refractivity contribution in [1.29, 1.82) is 0 Å². The molecule has 2 aromatic carbocycles. The summed E-state index contributed by atoms with van der Waals surface area (Å²) in [5.41, 5.74) is 2.51. The number of carbonyl (C=O) groups is 3. The molecule has 3 aromatic heterocycles. The molecule has 2 amide bonds. The largest absolute Gasteiger partial charge is 0.345 e. The summed E-state index contributed by atoms with van der Waals surface area (Å²) >= 11 is 7.64. The van der Waals surface area contributed by atoms with Crippen LogP contribution in [-0.2, 0) is 17.9 Å². The van der Waals surface area contributed by atoms with Crippen LogP contribution in [0, 0.1) is 12.7 Å². The maximum atomic E-state index is 14.3. The third kappa shape index (κ3) is 6.07. The first-order valence-electron chi connectivity index (χ1n) is 13.0. The van der Waals surface area contributed by atoms with Crippen molar-refractivity contribution in [3.05, 3.63) is 106 Å². The van der Waals surface area contributed by atoms with Crippen LogP contribution in [0.5, 0.6) is 0 Å². The molecule has 0 aliphatic heterocycles. The van der Waals surface area contributed by atoms with Crippen LogP contribution in [-0.4, -0.2) is 36.5 Å². The molecular formula is C30H26ClFN6O3S. The van der Waals surface area contributed by atoms with Crippen LogP contribution in [0.3, 0.4) is 0 Å². The van der Waals surface area contributed by atoms with Gasteiger partial charge in [-0.25, -0.2) is 9.37 Å². The fourth-order valence-corrected chi connectivity index (χ4v) is 5.68. The second-order valence-corrected chi connectivity index (χ2v) is 11.0. The molecule has 2 N–H and O–H groups in total. The highest BCUT2D eigenvalue weighted by atomic mass is 35.5. The Bertz CT molecular complexity index is 1820. The monoisotopic (exact) mass is 604 g/mol. The highest BCUT2D eigenvalue weighted by Crippen LogP contribution is 2.36. The number of halogens is 2. The molecule has 0 unspecified atom stereocenters. The van der Waals surface area contributed by atoms with E-state index in [0.717, 1.165) is 16.0 Å². The number of rotatable bonds is 9. The van der Waals surface area contributed by atoms with Gasteiger partial charge in [-0.2, -0.15) is 4.37 Å². The number of Topliss-reactive ketones (excluding diaryl/α,β-unsaturated/α-hetero) is 1. The van der Waals surface area contributed by atoms with Crippen molar-refractivity contribution in [2.75, 3.05) is 5.32 Å². The first kappa shape index (κ1) is 29.0. The lowest BCUT2D eigenvalue weighted by atomic mass is 9.96. The Kier molecular flexibility index (Phi) is 8.41. The normalized spacial score (nSPS) is 11.8. The topological polar surface area (TPSA) is 119 Å². The Morgan fingerprint density at radius 1 is 1.10 bits per heavy atom. The number of carbonyl (C=O) groups excluding carboxylic acids is 3. The van der Waals surface area contributed by atoms with Gasteiger partial charge in [-0.3, -0.25) is 19.4 Å². The van der Waals surface area contributed by atoms with Crippen LogP contribution in [0.1, 0.15) is 63.4 Å². The minimum atomic E-state index is -0.676. The van der Waals surface area contributed by atoms with E-state index in [1.54, 1.807) is 25.3 Å². The van der Waals surface area contributed by atoms with E-state index in [2.05, 4.69) is 25.0 Å². The third-order valence-electron chi connectivity index (χ3n) is 6.68. The highest BCUT2D eigenvalue weighted by molar-refractivity contribution is 7.13. The molecule has 12 heteroatoms. The number of fused-ring (bicyclic) bond motifs is 1. The van der Waals surface area contributed by atoms with Gasteiger partial charge in [0, 0.05) is 34.8 Å². The Balaban J connectivity index is 1.59. The lowest BCUT2D eigenvalue weighted by molar-refractivity contribution is -0.117. The zero-order chi connectivity index (χ0) is 30.0. The van der Waals surface area contributed by atoms with Gasteiger partial charge in [0.1, 0.15) is 17.3 Å². The minimum absolute atomic E-state index is 0.0355. The van der Waals surface area contributed by atoms with Crippen LogP contribution in [0.25, 0.3) is 10.1 Å². The molecule has 0 saturated carbocycles. The van der Waals surface area contributed by atoms with Crippen molar-refractivity contribution in [3.8, 4) is 0 Å². The molecule has 42 heavy (non-hydrogen) atoms. The first-order chi connectivity index (χ1) is 20.1. The van der Waals surface area contributed by atoms with Gasteiger partial charge < -0.3 is 15.2 Å². The number of amides is 2. The lowest BCUT2D eigenvalue weighted by Gasteiger charge is -2.19. The molecule has 0 aliphatic rings. The number of nitrogens with one attached hydrogen (secondary N) is 2. The predicted octanol–water partition coefficient (Wildman–Crippen LogP) is 5.91. The SMILES string of the molecule is CC(=O)Cn1c(C(=O)NCc2ccc(C)nc2)nc(NC(=O)c2nsc3ccccc23)c1[C@@H](C)c1cc(F)ccc1Cl. The van der Waals surface area contributed by atoms with E-state index in [1.807, 2.05) is 31.2 Å². The summed E-state index contributed by atoms with van der Waals surface area (Å²) in [5.74, 6) is -2.63. The number of ketones is 1. The smallest absolute Gasteiger partial charge is 0.287 e. The summed E-state index contributed by atoms with van der Waals surface area (Å²) < 4.78 is 20.9. The van der Waals surface area contributed by atoms with E-state index in [1.165, 1.54) is 41.2 Å². The van der Waals surface area contributed by atoms with Crippen molar-refractivity contribution in [1.82, 2.24) is 24.2 Å². The van der Waals surface area contributed by atoms with E-state index >= 15 is 0 Å². The number of nitrogens with zero attached hydrogens (tertiary/aromatic N) is 4. The molecule has 0 spiro atoms. The summed E-state index contributed by atoms with van der Waals surface area (Å²) in [7, 11) is 0. The number of hydrogen-bond acceptors (Lipinski definition) is 7. The van der Waals surface area contributed by atoms with Gasteiger partial charge in [0.15, 0.2) is 5.82 Å². The van der Waals surface area contributed by atoms with Crippen LogP contribution >= 0.6 is 23.1 Å². The summed E-state index contributed by atoms with van der Waals surface area (Å²) in [6.45, 7) is 4.92. The zero-order valence-electron chi connectivity index (χ0n) is 22.9. The maximum absolute atomic E-state index is 14.3. The third-order valence-corrected chi connectivity index (χ3v) is 7.85. The molecule has 0 bridgehead atoms. The molecule has 0 saturated heterocycles. The average molecular weight is 605 g/mol. The van der Waals surface area contributed by atoms with Crippen molar-refractivity contribution in [3.63, 3.8) is 0 Å². The van der Waals surface area contributed by atoms with Crippen LogP contribution in [0.4, 0.5) is 10.2 Å². The van der Waals surface area contributed by atoms with Gasteiger partial charge >= 0.3 is 0 Å². The maximum Gasteiger partial charge on any atom is 0.287 e. The number of aromatic nitrogens is 4. The van der Waals surface area contributed by atoms with E-state index in [9.17, 15) is 18.8 Å². The Morgan fingerprint density at radius 2 is 1.88 bits per heavy atom. The number of hydrogen-bond donors (Lipinski definition) is 2. The van der Waals surface area contributed by atoms with Crippen LogP contribution in [0.15, 0.2) is 60.8 Å². The second-order valence-electron chi connectivity index (χ2n) is 9.82. The molecule has 3 heterocycles. The Labute approximate surface area is 249 Å². The zero-order valence-corrected chi connectivity index (χ0v) is 24.5. The summed E-state index contributed by atoms with van der Waals surface area (Å²) in [6.07, 6.45) is 1.65. The molecule has 1 atom stereocenters. The average Bonchev–Trinajstić information content (AvgIpc) is 3.55. The van der Waals surface area contributed by atoms with Crippen molar-refractivity contribution in [2.24, 2.45) is 0 Å². The standard InChI is InChI=1S/C30H26ClFN6O3S/c1-16-8-9-19(13-33-16)14-34-30(41)28-35-27(36-29(40)25-21-6-4-5-7-24(21)42-37-25)26(38(28)15-17(2)39)18(3)22-12-20(32)10-11-23(22)31/h4-13,18H,14-15H2,1-3H3,(H,34,41)(H,36,40)/t18-/m0/s1. The van der Waals surface area contributed by atoms with Gasteiger partial charge in [0.05, 0.1) is 16.9 Å². The molecule has 9 nitrogen and oxygen atoms in total. The van der Waals surface area contributed by atoms with Crippen LogP contribution in [0.2, 0.25) is 5.02 Å². The molecule has 214 valence electrons. The van der Waals surface area contributed by atoms with Gasteiger partial charge in [-0.05, 0) is 66.8 Å². The molecular weight excluding hydrogens is 579 g/mol. The van der Waals surface area contributed by atoms with Gasteiger partial charge in [-0.1, -0.05) is 42.8 Å². The quantitative estimate of drug-likeness (QED) is 0.216. The molecule has 0 fully saturated rings.